The first-order chi connectivity index (χ1) is 34.8. The van der Waals surface area contributed by atoms with Gasteiger partial charge in [0.05, 0.1) is 73.1 Å². The van der Waals surface area contributed by atoms with E-state index in [9.17, 15) is 85.6 Å². The number of aldehydes is 2. The molecule has 23 nitrogen and oxygen atoms in total. The molecule has 0 aromatic heterocycles. The number of phenolic OH excluding ortho intramolecular Hbond substituents is 3. The number of carbonyl (C=O) groups excluding carboxylic acids is 4. The van der Waals surface area contributed by atoms with Crippen LogP contribution in [0.3, 0.4) is 0 Å². The number of hydrogen-bond donors (Lipinski definition) is 13. The SMILES string of the molecule is O=C[C@]1(/C=C/O[C@@H]2O[C@H](CO)[C@@H](O)[C@H](O)[C@H]2O)CC[C@H](COC(=O)C(=C\c2ccc(O)cc2)/C(=C\c2ccc(O)c(O)c2)C(=O)OC[C@H]2CC[C@](C=O)(/C=C/O[C@@H]3O[C@H](CO)[C@@H](O)[C@H](O)[C@H]3O)[C@@H](O)C2)C[C@@H]1O. The van der Waals surface area contributed by atoms with Crippen molar-refractivity contribution in [3.8, 4) is 17.2 Å². The molecule has 6 rings (SSSR count). The summed E-state index contributed by atoms with van der Waals surface area (Å²) in [4.78, 5) is 53.4. The number of benzene rings is 2. The van der Waals surface area contributed by atoms with Crippen LogP contribution in [0.5, 0.6) is 17.2 Å². The highest BCUT2D eigenvalue weighted by atomic mass is 16.7. The van der Waals surface area contributed by atoms with Gasteiger partial charge in [0.25, 0.3) is 0 Å². The molecule has 23 heteroatoms. The van der Waals surface area contributed by atoms with Crippen LogP contribution in [0, 0.1) is 22.7 Å². The van der Waals surface area contributed by atoms with Gasteiger partial charge in [-0.2, -0.15) is 0 Å². The molecule has 4 aliphatic rings. The van der Waals surface area contributed by atoms with Crippen molar-refractivity contribution in [3.05, 3.63) is 89.4 Å². The summed E-state index contributed by atoms with van der Waals surface area (Å²) in [6.07, 6.45) is -10.2. The molecule has 0 radical (unpaired) electrons. The lowest BCUT2D eigenvalue weighted by Crippen LogP contribution is -2.58. The van der Waals surface area contributed by atoms with Crippen LogP contribution in [0.15, 0.2) is 78.3 Å². The largest absolute Gasteiger partial charge is 0.508 e. The maximum absolute atomic E-state index is 14.3. The predicted molar refractivity (Wildman–Crippen MR) is 247 cm³/mol. The molecule has 2 aliphatic carbocycles. The highest BCUT2D eigenvalue weighted by molar-refractivity contribution is 6.12. The number of esters is 2. The van der Waals surface area contributed by atoms with Crippen molar-refractivity contribution >= 4 is 36.7 Å². The number of aliphatic hydroxyl groups is 10. The summed E-state index contributed by atoms with van der Waals surface area (Å²) in [6, 6.07) is 9.12. The fourth-order valence-electron chi connectivity index (χ4n) is 9.01. The Hall–Kier alpha value is -5.80. The van der Waals surface area contributed by atoms with E-state index in [-0.39, 0.29) is 68.6 Å². The molecule has 2 aliphatic heterocycles. The van der Waals surface area contributed by atoms with Crippen LogP contribution in [-0.2, 0) is 47.6 Å². The van der Waals surface area contributed by atoms with Crippen LogP contribution in [0.4, 0.5) is 0 Å². The lowest BCUT2D eigenvalue weighted by molar-refractivity contribution is -0.288. The third-order valence-corrected chi connectivity index (χ3v) is 13.8. The van der Waals surface area contributed by atoms with E-state index in [0.717, 1.165) is 24.7 Å². The second-order valence-corrected chi connectivity index (χ2v) is 18.7. The van der Waals surface area contributed by atoms with Crippen molar-refractivity contribution in [3.63, 3.8) is 0 Å². The number of aliphatic hydroxyl groups excluding tert-OH is 10. The monoisotopic (exact) mass is 1030 g/mol. The van der Waals surface area contributed by atoms with Crippen LogP contribution in [-0.4, -0.2) is 191 Å². The van der Waals surface area contributed by atoms with Gasteiger partial charge in [-0.1, -0.05) is 18.2 Å². The molecule has 0 amide bonds. The zero-order valence-electron chi connectivity index (χ0n) is 39.2. The Kier molecular flexibility index (Phi) is 19.3. The first kappa shape index (κ1) is 56.5. The summed E-state index contributed by atoms with van der Waals surface area (Å²) in [5.74, 6) is -4.39. The van der Waals surface area contributed by atoms with Crippen LogP contribution in [0.1, 0.15) is 49.7 Å². The van der Waals surface area contributed by atoms with Gasteiger partial charge >= 0.3 is 11.9 Å². The van der Waals surface area contributed by atoms with E-state index in [1.54, 1.807) is 0 Å². The molecular formula is C50H62O23. The molecular weight excluding hydrogens is 969 g/mol. The van der Waals surface area contributed by atoms with Gasteiger partial charge in [-0.05, 0) is 110 Å². The van der Waals surface area contributed by atoms with E-state index in [1.807, 2.05) is 0 Å². The van der Waals surface area contributed by atoms with Crippen molar-refractivity contribution in [1.82, 2.24) is 0 Å². The number of hydrogen-bond acceptors (Lipinski definition) is 23. The zero-order valence-corrected chi connectivity index (χ0v) is 39.2. The van der Waals surface area contributed by atoms with Gasteiger partial charge in [0.2, 0.25) is 12.6 Å². The van der Waals surface area contributed by atoms with E-state index < -0.39 is 139 Å². The second-order valence-electron chi connectivity index (χ2n) is 18.7. The Labute approximate surface area is 417 Å². The molecule has 2 aromatic carbocycles. The first-order valence-electron chi connectivity index (χ1n) is 23.4. The lowest BCUT2D eigenvalue weighted by Gasteiger charge is -2.40. The van der Waals surface area contributed by atoms with Crippen molar-refractivity contribution < 1.29 is 114 Å². The molecule has 2 heterocycles. The third-order valence-electron chi connectivity index (χ3n) is 13.8. The van der Waals surface area contributed by atoms with Crippen LogP contribution in [0.2, 0.25) is 0 Å². The van der Waals surface area contributed by atoms with E-state index in [2.05, 4.69) is 0 Å². The molecule has 4 fully saturated rings. The average molecular weight is 1030 g/mol. The fourth-order valence-corrected chi connectivity index (χ4v) is 9.01. The molecule has 2 saturated carbocycles. The molecule has 13 N–H and O–H groups in total. The van der Waals surface area contributed by atoms with Crippen molar-refractivity contribution in [2.75, 3.05) is 26.4 Å². The Morgan fingerprint density at radius 3 is 1.40 bits per heavy atom. The minimum atomic E-state index is -1.73. The smallest absolute Gasteiger partial charge is 0.339 e. The summed E-state index contributed by atoms with van der Waals surface area (Å²) < 4.78 is 33.0. The van der Waals surface area contributed by atoms with Gasteiger partial charge in [0, 0.05) is 0 Å². The molecule has 2 saturated heterocycles. The van der Waals surface area contributed by atoms with Crippen molar-refractivity contribution in [1.29, 1.82) is 0 Å². The minimum Gasteiger partial charge on any atom is -0.508 e. The molecule has 73 heavy (non-hydrogen) atoms. The Morgan fingerprint density at radius 1 is 0.575 bits per heavy atom. The molecule has 16 atom stereocenters. The number of rotatable bonds is 19. The van der Waals surface area contributed by atoms with Crippen molar-refractivity contribution in [2.24, 2.45) is 22.7 Å². The maximum Gasteiger partial charge on any atom is 0.339 e. The molecule has 400 valence electrons. The Morgan fingerprint density at radius 2 is 1.00 bits per heavy atom. The van der Waals surface area contributed by atoms with Crippen LogP contribution >= 0.6 is 0 Å². The summed E-state index contributed by atoms with van der Waals surface area (Å²) in [5.41, 5.74) is -3.37. The van der Waals surface area contributed by atoms with Gasteiger partial charge in [-0.15, -0.1) is 0 Å². The van der Waals surface area contributed by atoms with E-state index in [4.69, 9.17) is 28.4 Å². The van der Waals surface area contributed by atoms with Gasteiger partial charge in [0.1, 0.15) is 67.2 Å². The molecule has 0 spiro atoms. The van der Waals surface area contributed by atoms with Crippen LogP contribution in [0.25, 0.3) is 12.2 Å². The molecule has 0 unspecified atom stereocenters. The number of aromatic hydroxyl groups is 3. The molecule has 0 bridgehead atoms. The predicted octanol–water partition coefficient (Wildman–Crippen LogP) is -1.29. The fraction of sp³-hybridized carbons (Fsp3) is 0.520. The number of carbonyl (C=O) groups is 4. The topological polar surface area (TPSA) is 387 Å². The normalized spacial score (nSPS) is 35.3. The Bertz CT molecular complexity index is 2330. The highest BCUT2D eigenvalue weighted by Crippen LogP contribution is 2.41. The van der Waals surface area contributed by atoms with Gasteiger partial charge < -0.3 is 104 Å². The van der Waals surface area contributed by atoms with E-state index >= 15 is 0 Å². The van der Waals surface area contributed by atoms with E-state index in [0.29, 0.717) is 18.1 Å². The summed E-state index contributed by atoms with van der Waals surface area (Å²) in [5, 5.41) is 133. The lowest BCUT2D eigenvalue weighted by atomic mass is 9.69. The summed E-state index contributed by atoms with van der Waals surface area (Å²) in [7, 11) is 0. The van der Waals surface area contributed by atoms with Gasteiger partial charge in [0.15, 0.2) is 11.5 Å². The summed E-state index contributed by atoms with van der Waals surface area (Å²) in [6.45, 7) is -2.06. The zero-order chi connectivity index (χ0) is 53.2. The number of ether oxygens (including phenoxy) is 6. The molecule has 2 aromatic rings. The van der Waals surface area contributed by atoms with Gasteiger partial charge in [-0.25, -0.2) is 9.59 Å². The first-order valence-corrected chi connectivity index (χ1v) is 23.4. The summed E-state index contributed by atoms with van der Waals surface area (Å²) >= 11 is 0. The van der Waals surface area contributed by atoms with Gasteiger partial charge in [-0.3, -0.25) is 0 Å². The third kappa shape index (κ3) is 13.3. The quantitative estimate of drug-likeness (QED) is 0.0194. The maximum atomic E-state index is 14.3. The van der Waals surface area contributed by atoms with E-state index in [1.165, 1.54) is 54.6 Å². The standard InChI is InChI=1S/C50H62O23/c51-20-35-39(60)41(62)43(64)47(72-35)68-13-11-49(24-53)9-7-28(18-37(49)58)22-70-45(66)31(15-26-1-4-30(55)5-2-26)32(16-27-3-6-33(56)34(57)17-27)46(67)71-23-29-8-10-50(25-54,38(59)19-29)12-14-69-48-44(65)42(63)40(61)36(21-52)73-48/h1-6,11-17,24-25,28-29,35-44,47-48,51-52,55-65H,7-10,18-23H2/b13-11+,14-12+,31-15-,32-16+/t28-,29-,35+,36+,37-,38-,39+,40+,41-,42-,43+,44+,47+,48+,49+,50+/m0/s1. The van der Waals surface area contributed by atoms with Crippen LogP contribution < -0.4 is 0 Å². The second kappa shape index (κ2) is 25.0. The Balaban J connectivity index is 1.16. The van der Waals surface area contributed by atoms with Crippen molar-refractivity contribution in [2.45, 2.75) is 112 Å². The number of phenols is 3. The highest BCUT2D eigenvalue weighted by Gasteiger charge is 2.47. The minimum absolute atomic E-state index is 0.0122. The average Bonchev–Trinajstić information content (AvgIpc) is 3.38.